The third kappa shape index (κ3) is 3.34. The lowest BCUT2D eigenvalue weighted by atomic mass is 10.2. The van der Waals surface area contributed by atoms with Crippen molar-refractivity contribution >= 4 is 21.6 Å². The van der Waals surface area contributed by atoms with E-state index in [1.165, 1.54) is 5.56 Å². The van der Waals surface area contributed by atoms with Crippen LogP contribution >= 0.6 is 15.9 Å². The van der Waals surface area contributed by atoms with E-state index in [1.807, 2.05) is 36.1 Å². The molecule has 0 spiro atoms. The summed E-state index contributed by atoms with van der Waals surface area (Å²) in [6, 6.07) is 5.99. The van der Waals surface area contributed by atoms with E-state index < -0.39 is 0 Å². The van der Waals surface area contributed by atoms with E-state index in [1.54, 1.807) is 0 Å². The number of aryl methyl sites for hydroxylation is 1. The van der Waals surface area contributed by atoms with Gasteiger partial charge in [-0.3, -0.25) is 4.90 Å². The van der Waals surface area contributed by atoms with E-state index in [0.29, 0.717) is 0 Å². The molecule has 1 heterocycles. The van der Waals surface area contributed by atoms with E-state index in [2.05, 4.69) is 38.9 Å². The molecule has 0 radical (unpaired) electrons. The van der Waals surface area contributed by atoms with Gasteiger partial charge in [-0.2, -0.15) is 0 Å². The fourth-order valence-electron chi connectivity index (χ4n) is 1.92. The highest BCUT2D eigenvalue weighted by molar-refractivity contribution is 9.10. The van der Waals surface area contributed by atoms with Crippen LogP contribution in [0.4, 0.5) is 5.69 Å². The van der Waals surface area contributed by atoms with Crippen molar-refractivity contribution in [1.82, 2.24) is 14.5 Å². The van der Waals surface area contributed by atoms with Gasteiger partial charge >= 0.3 is 0 Å². The van der Waals surface area contributed by atoms with Gasteiger partial charge in [0, 0.05) is 36.1 Å². The maximum Gasteiger partial charge on any atom is 0.122 e. The van der Waals surface area contributed by atoms with Gasteiger partial charge in [0.15, 0.2) is 0 Å². The molecule has 4 nitrogen and oxygen atoms in total. The van der Waals surface area contributed by atoms with Crippen LogP contribution < -0.4 is 5.73 Å². The summed E-state index contributed by atoms with van der Waals surface area (Å²) in [7, 11) is 4.08. The Bertz CT molecular complexity index is 515. The standard InChI is InChI=1S/C13H17BrN4/c1-17(9-13-16-3-4-18(13)2)8-10-5-11(14)7-12(15)6-10/h3-7H,8-9,15H2,1-2H3. The van der Waals surface area contributed by atoms with Crippen molar-refractivity contribution in [2.24, 2.45) is 7.05 Å². The molecule has 5 heteroatoms. The highest BCUT2D eigenvalue weighted by atomic mass is 79.9. The van der Waals surface area contributed by atoms with Crippen LogP contribution in [0.5, 0.6) is 0 Å². The lowest BCUT2D eigenvalue weighted by Gasteiger charge is -2.17. The van der Waals surface area contributed by atoms with Crippen LogP contribution in [0.1, 0.15) is 11.4 Å². The van der Waals surface area contributed by atoms with Crippen LogP contribution in [0.3, 0.4) is 0 Å². The number of nitrogens with two attached hydrogens (primary N) is 1. The third-order valence-corrected chi connectivity index (χ3v) is 3.22. The molecule has 0 bridgehead atoms. The molecular weight excluding hydrogens is 292 g/mol. The number of nitrogen functional groups attached to an aromatic ring is 1. The summed E-state index contributed by atoms with van der Waals surface area (Å²) in [5.41, 5.74) is 7.81. The maximum absolute atomic E-state index is 5.83. The number of hydrogen-bond acceptors (Lipinski definition) is 3. The highest BCUT2D eigenvalue weighted by Crippen LogP contribution is 2.18. The fourth-order valence-corrected chi connectivity index (χ4v) is 2.48. The number of aromatic nitrogens is 2. The summed E-state index contributed by atoms with van der Waals surface area (Å²) >= 11 is 3.46. The largest absolute Gasteiger partial charge is 0.399 e. The molecule has 1 aromatic carbocycles. The van der Waals surface area contributed by atoms with Gasteiger partial charge in [0.05, 0.1) is 6.54 Å². The van der Waals surface area contributed by atoms with Gasteiger partial charge in [0.1, 0.15) is 5.82 Å². The van der Waals surface area contributed by atoms with Gasteiger partial charge in [-0.1, -0.05) is 15.9 Å². The molecule has 2 N–H and O–H groups in total. The second-order valence-corrected chi connectivity index (χ2v) is 5.44. The highest BCUT2D eigenvalue weighted by Gasteiger charge is 2.06. The van der Waals surface area contributed by atoms with E-state index >= 15 is 0 Å². The molecule has 2 rings (SSSR count). The molecule has 0 aliphatic carbocycles. The Morgan fingerprint density at radius 1 is 1.33 bits per heavy atom. The summed E-state index contributed by atoms with van der Waals surface area (Å²) in [4.78, 5) is 6.53. The number of benzene rings is 1. The smallest absolute Gasteiger partial charge is 0.122 e. The van der Waals surface area contributed by atoms with Crippen LogP contribution in [0.25, 0.3) is 0 Å². The molecule has 0 atom stereocenters. The van der Waals surface area contributed by atoms with E-state index in [0.717, 1.165) is 29.1 Å². The molecule has 0 unspecified atom stereocenters. The lowest BCUT2D eigenvalue weighted by Crippen LogP contribution is -2.19. The molecule has 18 heavy (non-hydrogen) atoms. The lowest BCUT2D eigenvalue weighted by molar-refractivity contribution is 0.307. The van der Waals surface area contributed by atoms with Crippen molar-refractivity contribution in [3.05, 3.63) is 46.5 Å². The van der Waals surface area contributed by atoms with Gasteiger partial charge in [-0.25, -0.2) is 4.98 Å². The number of halogens is 1. The van der Waals surface area contributed by atoms with Crippen LogP contribution in [0.15, 0.2) is 35.1 Å². The fraction of sp³-hybridized carbons (Fsp3) is 0.308. The molecule has 1 aromatic heterocycles. The molecule has 0 amide bonds. The van der Waals surface area contributed by atoms with Crippen molar-refractivity contribution in [3.63, 3.8) is 0 Å². The second-order valence-electron chi connectivity index (χ2n) is 4.52. The first-order valence-electron chi connectivity index (χ1n) is 5.74. The van der Waals surface area contributed by atoms with Crippen molar-refractivity contribution < 1.29 is 0 Å². The summed E-state index contributed by atoms with van der Waals surface area (Å²) < 4.78 is 3.05. The zero-order valence-electron chi connectivity index (χ0n) is 10.6. The van der Waals surface area contributed by atoms with Crippen molar-refractivity contribution in [3.8, 4) is 0 Å². The summed E-state index contributed by atoms with van der Waals surface area (Å²) in [5.74, 6) is 1.06. The molecule has 96 valence electrons. The number of anilines is 1. The van der Waals surface area contributed by atoms with Crippen LogP contribution in [-0.2, 0) is 20.1 Å². The van der Waals surface area contributed by atoms with Gasteiger partial charge in [0.2, 0.25) is 0 Å². The Hall–Kier alpha value is -1.33. The molecule has 0 aliphatic heterocycles. The van der Waals surface area contributed by atoms with E-state index in [9.17, 15) is 0 Å². The Balaban J connectivity index is 2.03. The Labute approximate surface area is 116 Å². The first-order valence-corrected chi connectivity index (χ1v) is 6.53. The Morgan fingerprint density at radius 3 is 2.72 bits per heavy atom. The minimum Gasteiger partial charge on any atom is -0.399 e. The first kappa shape index (κ1) is 13.1. The van der Waals surface area contributed by atoms with Gasteiger partial charge in [-0.15, -0.1) is 0 Å². The Morgan fingerprint density at radius 2 is 2.11 bits per heavy atom. The average molecular weight is 309 g/mol. The molecule has 2 aromatic rings. The van der Waals surface area contributed by atoms with Gasteiger partial charge in [0.25, 0.3) is 0 Å². The molecule has 0 saturated carbocycles. The Kier molecular flexibility index (Phi) is 4.04. The van der Waals surface area contributed by atoms with E-state index in [4.69, 9.17) is 5.73 Å². The molecule has 0 aliphatic rings. The van der Waals surface area contributed by atoms with E-state index in [-0.39, 0.29) is 0 Å². The van der Waals surface area contributed by atoms with Gasteiger partial charge in [-0.05, 0) is 30.8 Å². The SMILES string of the molecule is CN(Cc1cc(N)cc(Br)c1)Cc1nccn1C. The van der Waals surface area contributed by atoms with Crippen molar-refractivity contribution in [1.29, 1.82) is 0 Å². The van der Waals surface area contributed by atoms with Crippen molar-refractivity contribution in [2.45, 2.75) is 13.1 Å². The van der Waals surface area contributed by atoms with Gasteiger partial charge < -0.3 is 10.3 Å². The number of imidazole rings is 1. The molecular formula is C13H17BrN4. The summed E-state index contributed by atoms with van der Waals surface area (Å²) in [6.45, 7) is 1.66. The summed E-state index contributed by atoms with van der Waals surface area (Å²) in [5, 5.41) is 0. The van der Waals surface area contributed by atoms with Crippen LogP contribution in [-0.4, -0.2) is 21.5 Å². The summed E-state index contributed by atoms with van der Waals surface area (Å²) in [6.07, 6.45) is 3.78. The third-order valence-electron chi connectivity index (χ3n) is 2.76. The number of nitrogens with zero attached hydrogens (tertiary/aromatic N) is 3. The quantitative estimate of drug-likeness (QED) is 0.882. The minimum atomic E-state index is 0.782. The van der Waals surface area contributed by atoms with Crippen LogP contribution in [0, 0.1) is 0 Å². The normalized spacial score (nSPS) is 11.1. The average Bonchev–Trinajstić information content (AvgIpc) is 2.62. The second kappa shape index (κ2) is 5.54. The zero-order valence-corrected chi connectivity index (χ0v) is 12.2. The first-order chi connectivity index (χ1) is 8.54. The van der Waals surface area contributed by atoms with Crippen molar-refractivity contribution in [2.75, 3.05) is 12.8 Å². The van der Waals surface area contributed by atoms with Crippen LogP contribution in [0.2, 0.25) is 0 Å². The topological polar surface area (TPSA) is 47.1 Å². The predicted octanol–water partition coefficient (Wildman–Crippen LogP) is 2.40. The predicted molar refractivity (Wildman–Crippen MR) is 76.9 cm³/mol. The minimum absolute atomic E-state index is 0.782. The molecule has 0 saturated heterocycles. The monoisotopic (exact) mass is 308 g/mol. The number of rotatable bonds is 4. The zero-order chi connectivity index (χ0) is 13.1. The maximum atomic E-state index is 5.83. The molecule has 0 fully saturated rings. The number of hydrogen-bond donors (Lipinski definition) is 1.